The minimum absolute atomic E-state index is 0.281. The maximum Gasteiger partial charge on any atom is 0.182 e. The Labute approximate surface area is 188 Å². The number of rotatable bonds is 21. The molecule has 1 rings (SSSR count). The van der Waals surface area contributed by atoms with E-state index >= 15 is 0 Å². The lowest BCUT2D eigenvalue weighted by atomic mass is 10.0. The first kappa shape index (κ1) is 27.4. The zero-order valence-corrected chi connectivity index (χ0v) is 20.5. The Balaban J connectivity index is 1.85. The number of nitrogens with zero attached hydrogens (tertiary/aromatic N) is 2. The summed E-state index contributed by atoms with van der Waals surface area (Å²) in [5.74, 6) is 0. The second-order valence-corrected chi connectivity index (χ2v) is 9.41. The van der Waals surface area contributed by atoms with Crippen LogP contribution in [0.5, 0.6) is 0 Å². The van der Waals surface area contributed by atoms with Crippen LogP contribution >= 0.6 is 0 Å². The van der Waals surface area contributed by atoms with E-state index in [1.807, 2.05) is 0 Å². The Kier molecular flexibility index (Phi) is 17.4. The molecule has 0 fully saturated rings. The van der Waals surface area contributed by atoms with Gasteiger partial charge in [-0.15, -0.1) is 0 Å². The number of aliphatic hydroxyl groups is 1. The number of hydrogen-bond acceptors (Lipinski definition) is 2. The van der Waals surface area contributed by atoms with Crippen molar-refractivity contribution in [3.05, 3.63) is 12.2 Å². The molecule has 3 heteroatoms. The number of unbranched alkanes of at least 4 members (excludes halogenated alkanes) is 14. The third-order valence-electron chi connectivity index (χ3n) is 7.00. The third kappa shape index (κ3) is 12.2. The van der Waals surface area contributed by atoms with Gasteiger partial charge >= 0.3 is 0 Å². The highest BCUT2D eigenvalue weighted by Gasteiger charge is 2.36. The molecule has 0 aliphatic carbocycles. The number of allylic oxidation sites excluding steroid dienone is 2. The lowest BCUT2D eigenvalue weighted by Crippen LogP contribution is -2.53. The van der Waals surface area contributed by atoms with Crippen molar-refractivity contribution < 1.29 is 9.59 Å². The molecule has 1 aliphatic heterocycles. The summed E-state index contributed by atoms with van der Waals surface area (Å²) in [6.07, 6.45) is 30.5. The van der Waals surface area contributed by atoms with Crippen LogP contribution < -0.4 is 0 Å². The van der Waals surface area contributed by atoms with Gasteiger partial charge < -0.3 is 5.11 Å². The third-order valence-corrected chi connectivity index (χ3v) is 7.00. The maximum absolute atomic E-state index is 9.39. The lowest BCUT2D eigenvalue weighted by molar-refractivity contribution is -0.936. The van der Waals surface area contributed by atoms with Gasteiger partial charge in [-0.3, -0.25) is 4.48 Å². The Morgan fingerprint density at radius 2 is 1.33 bits per heavy atom. The molecule has 30 heavy (non-hydrogen) atoms. The normalized spacial score (nSPS) is 21.2. The standard InChI is InChI=1S/C27H53N2O/c1-3-5-6-7-8-9-10-11-12-13-14-15-16-17-18-19-20-21-22-27-28-23-24-29(27,4-2)25-26-30/h9-10,23,27,30H,3-8,11-22,24-26H2,1-2H3/q+1/b10-9+. The Morgan fingerprint density at radius 1 is 0.800 bits per heavy atom. The van der Waals surface area contributed by atoms with Gasteiger partial charge in [0, 0.05) is 6.42 Å². The van der Waals surface area contributed by atoms with Gasteiger partial charge in [-0.1, -0.05) is 89.7 Å². The molecule has 0 aromatic carbocycles. The monoisotopic (exact) mass is 421 g/mol. The minimum Gasteiger partial charge on any atom is -0.391 e. The van der Waals surface area contributed by atoms with E-state index in [9.17, 15) is 5.11 Å². The van der Waals surface area contributed by atoms with Crippen molar-refractivity contribution in [2.24, 2.45) is 4.99 Å². The molecule has 0 radical (unpaired) electrons. The number of aliphatic hydroxyl groups excluding tert-OH is 1. The molecule has 3 nitrogen and oxygen atoms in total. The topological polar surface area (TPSA) is 32.6 Å². The predicted molar refractivity (Wildman–Crippen MR) is 133 cm³/mol. The number of aliphatic imine (C=N–C) groups is 1. The molecule has 0 saturated heterocycles. The molecule has 0 bridgehead atoms. The summed E-state index contributed by atoms with van der Waals surface area (Å²) in [7, 11) is 0. The molecular formula is C27H53N2O+. The summed E-state index contributed by atoms with van der Waals surface area (Å²) >= 11 is 0. The highest BCUT2D eigenvalue weighted by atomic mass is 16.3. The van der Waals surface area contributed by atoms with Gasteiger partial charge in [0.1, 0.15) is 13.1 Å². The van der Waals surface area contributed by atoms with E-state index in [0.717, 1.165) is 24.1 Å². The zero-order chi connectivity index (χ0) is 21.8. The first-order valence-corrected chi connectivity index (χ1v) is 13.4. The molecule has 1 heterocycles. The smallest absolute Gasteiger partial charge is 0.182 e. The van der Waals surface area contributed by atoms with Gasteiger partial charge in [0.15, 0.2) is 6.17 Å². The van der Waals surface area contributed by atoms with Crippen LogP contribution in [-0.4, -0.2) is 48.2 Å². The van der Waals surface area contributed by atoms with Crippen LogP contribution in [0.25, 0.3) is 0 Å². The van der Waals surface area contributed by atoms with E-state index in [0.29, 0.717) is 6.17 Å². The predicted octanol–water partition coefficient (Wildman–Crippen LogP) is 7.43. The molecule has 176 valence electrons. The Morgan fingerprint density at radius 3 is 1.87 bits per heavy atom. The van der Waals surface area contributed by atoms with Crippen molar-refractivity contribution >= 4 is 6.21 Å². The van der Waals surface area contributed by atoms with Gasteiger partial charge in [-0.2, -0.15) is 0 Å². The lowest BCUT2D eigenvalue weighted by Gasteiger charge is -2.37. The number of hydrogen-bond donors (Lipinski definition) is 1. The second kappa shape index (κ2) is 19.0. The molecule has 0 amide bonds. The van der Waals surface area contributed by atoms with E-state index in [1.54, 1.807) is 0 Å². The second-order valence-electron chi connectivity index (χ2n) is 9.41. The van der Waals surface area contributed by atoms with Gasteiger partial charge in [0.2, 0.25) is 0 Å². The fraction of sp³-hybridized carbons (Fsp3) is 0.889. The fourth-order valence-corrected chi connectivity index (χ4v) is 4.81. The summed E-state index contributed by atoms with van der Waals surface area (Å²) < 4.78 is 0.977. The van der Waals surface area contributed by atoms with E-state index < -0.39 is 0 Å². The molecule has 2 unspecified atom stereocenters. The summed E-state index contributed by atoms with van der Waals surface area (Å²) in [5.41, 5.74) is 0. The molecule has 2 atom stereocenters. The van der Waals surface area contributed by atoms with E-state index in [-0.39, 0.29) is 6.61 Å². The molecule has 0 aromatic rings. The fourth-order valence-electron chi connectivity index (χ4n) is 4.81. The van der Waals surface area contributed by atoms with Crippen molar-refractivity contribution in [3.8, 4) is 0 Å². The number of likely N-dealkylation sites (N-methyl/N-ethyl adjacent to an activating group) is 1. The van der Waals surface area contributed by atoms with Crippen molar-refractivity contribution in [1.82, 2.24) is 0 Å². The Bertz CT molecular complexity index is 435. The van der Waals surface area contributed by atoms with Crippen LogP contribution in [0.4, 0.5) is 0 Å². The molecule has 1 N–H and O–H groups in total. The van der Waals surface area contributed by atoms with E-state index in [2.05, 4.69) is 32.2 Å². The zero-order valence-electron chi connectivity index (χ0n) is 20.5. The Hall–Kier alpha value is -0.670. The minimum atomic E-state index is 0.281. The summed E-state index contributed by atoms with van der Waals surface area (Å²) in [4.78, 5) is 4.72. The van der Waals surface area contributed by atoms with Crippen molar-refractivity contribution in [2.45, 2.75) is 129 Å². The quantitative estimate of drug-likeness (QED) is 0.117. The summed E-state index contributed by atoms with van der Waals surface area (Å²) in [5, 5.41) is 9.39. The van der Waals surface area contributed by atoms with Gasteiger partial charge in [0.05, 0.1) is 19.4 Å². The van der Waals surface area contributed by atoms with E-state index in [1.165, 1.54) is 109 Å². The molecule has 0 spiro atoms. The van der Waals surface area contributed by atoms with Crippen molar-refractivity contribution in [1.29, 1.82) is 0 Å². The average molecular weight is 422 g/mol. The van der Waals surface area contributed by atoms with E-state index in [4.69, 9.17) is 4.99 Å². The largest absolute Gasteiger partial charge is 0.391 e. The van der Waals surface area contributed by atoms with Gasteiger partial charge in [-0.25, -0.2) is 4.99 Å². The van der Waals surface area contributed by atoms with Crippen LogP contribution in [0.3, 0.4) is 0 Å². The first-order chi connectivity index (χ1) is 14.8. The SMILES string of the molecule is CCCCCC/C=C/CCCCCCCCCCCCC1N=CC[N+]1(CC)CCO. The van der Waals surface area contributed by atoms with Crippen LogP contribution in [0, 0.1) is 0 Å². The first-order valence-electron chi connectivity index (χ1n) is 13.4. The van der Waals surface area contributed by atoms with Gasteiger partial charge in [-0.05, 0) is 39.0 Å². The molecule has 1 aliphatic rings. The summed E-state index contributed by atoms with van der Waals surface area (Å²) in [6, 6.07) is 0. The molecule has 0 aromatic heterocycles. The average Bonchev–Trinajstić information content (AvgIpc) is 3.16. The van der Waals surface area contributed by atoms with Crippen LogP contribution in [0.1, 0.15) is 123 Å². The summed E-state index contributed by atoms with van der Waals surface area (Å²) in [6.45, 7) is 7.75. The van der Waals surface area contributed by atoms with Crippen molar-refractivity contribution in [3.63, 3.8) is 0 Å². The highest BCUT2D eigenvalue weighted by Crippen LogP contribution is 2.24. The molecule has 0 saturated carbocycles. The van der Waals surface area contributed by atoms with Crippen LogP contribution in [0.2, 0.25) is 0 Å². The maximum atomic E-state index is 9.39. The van der Waals surface area contributed by atoms with Gasteiger partial charge in [0.25, 0.3) is 0 Å². The van der Waals surface area contributed by atoms with Crippen LogP contribution in [0.15, 0.2) is 17.1 Å². The highest BCUT2D eigenvalue weighted by molar-refractivity contribution is 5.60. The van der Waals surface area contributed by atoms with Crippen LogP contribution in [-0.2, 0) is 0 Å². The van der Waals surface area contributed by atoms with Crippen molar-refractivity contribution in [2.75, 3.05) is 26.2 Å². The number of quaternary nitrogens is 1. The molecular weight excluding hydrogens is 368 g/mol.